The molecule has 1 heteroatoms. The fraction of sp³-hybridized carbons (Fsp3) is 0.625. The lowest BCUT2D eigenvalue weighted by molar-refractivity contribution is 0.221. The zero-order chi connectivity index (χ0) is 14.1. The third-order valence-corrected chi connectivity index (χ3v) is 3.39. The van der Waals surface area contributed by atoms with E-state index in [0.717, 1.165) is 31.5 Å². The molecule has 1 fully saturated rings. The molecule has 0 unspecified atom stereocenters. The highest BCUT2D eigenvalue weighted by Gasteiger charge is 2.14. The van der Waals surface area contributed by atoms with Crippen LogP contribution < -0.4 is 0 Å². The number of nitrogens with zero attached hydrogens (tertiary/aromatic N) is 1. The predicted octanol–water partition coefficient (Wildman–Crippen LogP) is 3.97. The summed E-state index contributed by atoms with van der Waals surface area (Å²) in [5.41, 5.74) is 2.16. The van der Waals surface area contributed by atoms with Crippen molar-refractivity contribution in [2.45, 2.75) is 51.9 Å². The van der Waals surface area contributed by atoms with Crippen LogP contribution in [0.25, 0.3) is 0 Å². The zero-order valence-corrected chi connectivity index (χ0v) is 11.3. The molecule has 0 saturated carbocycles. The van der Waals surface area contributed by atoms with Crippen molar-refractivity contribution in [1.29, 1.82) is 0 Å². The molecule has 0 amide bonds. The number of hydrogen-bond acceptors (Lipinski definition) is 1. The smallest absolute Gasteiger partial charge is 0.0481 e. The Morgan fingerprint density at radius 2 is 1.65 bits per heavy atom. The highest BCUT2D eigenvalue weighted by Crippen LogP contribution is 2.22. The molecule has 1 nitrogen and oxygen atoms in total. The van der Waals surface area contributed by atoms with Crippen molar-refractivity contribution in [2.75, 3.05) is 13.1 Å². The highest BCUT2D eigenvalue weighted by molar-refractivity contribution is 5.27. The summed E-state index contributed by atoms with van der Waals surface area (Å²) < 4.78 is 16.8. The average Bonchev–Trinajstić information content (AvgIpc) is 2.39. The molecule has 2 rings (SSSR count). The van der Waals surface area contributed by atoms with Gasteiger partial charge in [-0.05, 0) is 42.5 Å². The lowest BCUT2D eigenvalue weighted by atomic mass is 9.87. The molecule has 0 radical (unpaired) electrons. The van der Waals surface area contributed by atoms with E-state index in [2.05, 4.69) is 32.9 Å². The molecular formula is C16H25N. The third-order valence-electron chi connectivity index (χ3n) is 3.39. The van der Waals surface area contributed by atoms with Crippen LogP contribution >= 0.6 is 0 Å². The largest absolute Gasteiger partial charge is 0.299 e. The van der Waals surface area contributed by atoms with Crippen molar-refractivity contribution in [1.82, 2.24) is 4.90 Å². The lowest BCUT2D eigenvalue weighted by Gasteiger charge is -2.26. The van der Waals surface area contributed by atoms with Gasteiger partial charge in [0.25, 0.3) is 0 Å². The van der Waals surface area contributed by atoms with E-state index in [0.29, 0.717) is 0 Å². The van der Waals surface area contributed by atoms with Gasteiger partial charge in [-0.1, -0.05) is 51.5 Å². The molecule has 1 aromatic carbocycles. The first-order chi connectivity index (χ1) is 8.82. The molecule has 0 aliphatic carbocycles. The van der Waals surface area contributed by atoms with E-state index in [-0.39, 0.29) is 5.41 Å². The number of rotatable bonds is 2. The molecule has 94 valence electrons. The van der Waals surface area contributed by atoms with E-state index in [1.165, 1.54) is 12.0 Å². The lowest BCUT2D eigenvalue weighted by Crippen LogP contribution is -2.29. The van der Waals surface area contributed by atoms with E-state index in [1.54, 1.807) is 0 Å². The van der Waals surface area contributed by atoms with Gasteiger partial charge in [0.05, 0.1) is 0 Å². The van der Waals surface area contributed by atoms with Crippen LogP contribution in [0, 0.1) is 0 Å². The molecule has 1 aliphatic heterocycles. The van der Waals surface area contributed by atoms with E-state index in [1.807, 2.05) is 17.0 Å². The normalized spacial score (nSPS) is 20.9. The van der Waals surface area contributed by atoms with Gasteiger partial charge in [0.15, 0.2) is 0 Å². The Balaban J connectivity index is 2.20. The van der Waals surface area contributed by atoms with Gasteiger partial charge in [-0.2, -0.15) is 0 Å². The van der Waals surface area contributed by atoms with Crippen LogP contribution in [0.2, 0.25) is 0 Å². The first kappa shape index (κ1) is 10.1. The van der Waals surface area contributed by atoms with Gasteiger partial charge in [0.1, 0.15) is 0 Å². The molecule has 1 heterocycles. The van der Waals surface area contributed by atoms with E-state index in [9.17, 15) is 0 Å². The maximum absolute atomic E-state index is 8.38. The van der Waals surface area contributed by atoms with E-state index < -0.39 is 6.50 Å². The van der Waals surface area contributed by atoms with Crippen LogP contribution in [-0.2, 0) is 11.9 Å². The first-order valence-electron chi connectivity index (χ1n) is 7.68. The summed E-state index contributed by atoms with van der Waals surface area (Å²) in [4.78, 5) is 1.97. The summed E-state index contributed by atoms with van der Waals surface area (Å²) in [6.07, 6.45) is 3.45. The molecule has 0 N–H and O–H groups in total. The summed E-state index contributed by atoms with van der Waals surface area (Å²) in [6, 6.07) is 8.04. The van der Waals surface area contributed by atoms with Gasteiger partial charge < -0.3 is 0 Å². The number of likely N-dealkylation sites (tertiary alicyclic amines) is 1. The van der Waals surface area contributed by atoms with Crippen LogP contribution in [0.1, 0.15) is 53.9 Å². The Morgan fingerprint density at radius 1 is 1.06 bits per heavy atom. The van der Waals surface area contributed by atoms with Gasteiger partial charge in [-0.3, -0.25) is 4.90 Å². The zero-order valence-electron chi connectivity index (χ0n) is 13.3. The Morgan fingerprint density at radius 3 is 2.18 bits per heavy atom. The topological polar surface area (TPSA) is 3.24 Å². The quantitative estimate of drug-likeness (QED) is 0.747. The standard InChI is InChI=1S/C16H25N/c1-16(2,3)15-9-7-14(8-10-15)13-17-11-5-4-6-12-17/h7-10H,4-6,11-13H2,1-3H3/i13D2. The van der Waals surface area contributed by atoms with Gasteiger partial charge >= 0.3 is 0 Å². The number of piperidine rings is 1. The summed E-state index contributed by atoms with van der Waals surface area (Å²) in [7, 11) is 0. The van der Waals surface area contributed by atoms with Crippen molar-refractivity contribution in [3.05, 3.63) is 35.4 Å². The molecule has 1 aliphatic rings. The highest BCUT2D eigenvalue weighted by atomic mass is 15.1. The fourth-order valence-corrected chi connectivity index (χ4v) is 2.23. The second-order valence-corrected chi connectivity index (χ2v) is 5.99. The number of hydrogen-bond donors (Lipinski definition) is 0. The Kier molecular flexibility index (Phi) is 3.11. The van der Waals surface area contributed by atoms with Crippen LogP contribution in [0.15, 0.2) is 24.3 Å². The predicted molar refractivity (Wildman–Crippen MR) is 74.3 cm³/mol. The second-order valence-electron chi connectivity index (χ2n) is 5.99. The van der Waals surface area contributed by atoms with Crippen LogP contribution in [-0.4, -0.2) is 18.0 Å². The molecule has 0 spiro atoms. The second kappa shape index (κ2) is 5.22. The maximum Gasteiger partial charge on any atom is 0.0481 e. The van der Waals surface area contributed by atoms with Crippen molar-refractivity contribution in [2.24, 2.45) is 0 Å². The van der Waals surface area contributed by atoms with Crippen LogP contribution in [0.5, 0.6) is 0 Å². The summed E-state index contributed by atoms with van der Waals surface area (Å²) in [5.74, 6) is 0. The van der Waals surface area contributed by atoms with E-state index in [4.69, 9.17) is 2.74 Å². The SMILES string of the molecule is [2H]C([2H])(c1ccc(C(C)(C)C)cc1)N1CCCCC1. The van der Waals surface area contributed by atoms with Crippen LogP contribution in [0.3, 0.4) is 0 Å². The molecular weight excluding hydrogens is 206 g/mol. The first-order valence-corrected chi connectivity index (χ1v) is 6.68. The molecule has 17 heavy (non-hydrogen) atoms. The van der Waals surface area contributed by atoms with Gasteiger partial charge in [-0.25, -0.2) is 0 Å². The van der Waals surface area contributed by atoms with E-state index >= 15 is 0 Å². The molecule has 0 atom stereocenters. The summed E-state index contributed by atoms with van der Waals surface area (Å²) in [5, 5.41) is 0. The minimum absolute atomic E-state index is 0.121. The molecule has 0 bridgehead atoms. The number of benzene rings is 1. The Bertz CT molecular complexity index is 411. The summed E-state index contributed by atoms with van der Waals surface area (Å²) in [6.45, 7) is 6.95. The van der Waals surface area contributed by atoms with Crippen molar-refractivity contribution >= 4 is 0 Å². The minimum atomic E-state index is -1.34. The van der Waals surface area contributed by atoms with Gasteiger partial charge in [0.2, 0.25) is 0 Å². The van der Waals surface area contributed by atoms with Crippen molar-refractivity contribution < 1.29 is 2.74 Å². The Hall–Kier alpha value is -0.820. The minimum Gasteiger partial charge on any atom is -0.299 e. The fourth-order valence-electron chi connectivity index (χ4n) is 2.23. The summed E-state index contributed by atoms with van der Waals surface area (Å²) >= 11 is 0. The maximum atomic E-state index is 8.38. The monoisotopic (exact) mass is 233 g/mol. The van der Waals surface area contributed by atoms with Crippen molar-refractivity contribution in [3.8, 4) is 0 Å². The van der Waals surface area contributed by atoms with Crippen LogP contribution in [0.4, 0.5) is 0 Å². The van der Waals surface area contributed by atoms with Crippen molar-refractivity contribution in [3.63, 3.8) is 0 Å². The third kappa shape index (κ3) is 3.57. The molecule has 1 aromatic rings. The molecule has 0 aromatic heterocycles. The van der Waals surface area contributed by atoms with Gasteiger partial charge in [-0.15, -0.1) is 0 Å². The molecule has 1 saturated heterocycles. The van der Waals surface area contributed by atoms with Gasteiger partial charge in [0, 0.05) is 9.24 Å². The Labute approximate surface area is 109 Å². The average molecular weight is 233 g/mol.